The molecule has 3 aromatic rings. The molecule has 0 bridgehead atoms. The van der Waals surface area contributed by atoms with Gasteiger partial charge in [-0.05, 0) is 47.9 Å². The van der Waals surface area contributed by atoms with Crippen LogP contribution in [-0.4, -0.2) is 10.2 Å². The smallest absolute Gasteiger partial charge is 0.200 e. The van der Waals surface area contributed by atoms with Gasteiger partial charge in [0, 0.05) is 0 Å². The quantitative estimate of drug-likeness (QED) is 0.757. The van der Waals surface area contributed by atoms with Gasteiger partial charge in [0.05, 0.1) is 22.6 Å². The summed E-state index contributed by atoms with van der Waals surface area (Å²) in [5.74, 6) is -0.0426. The molecule has 1 aromatic heterocycles. The van der Waals surface area contributed by atoms with Gasteiger partial charge in [-0.25, -0.2) is 0 Å². The van der Waals surface area contributed by atoms with E-state index in [1.807, 2.05) is 6.92 Å². The Hall–Kier alpha value is -2.30. The Balaban J connectivity index is 2.26. The molecule has 22 heavy (non-hydrogen) atoms. The molecule has 1 heterocycles. The Labute approximate surface area is 131 Å². The highest BCUT2D eigenvalue weighted by Crippen LogP contribution is 2.29. The van der Waals surface area contributed by atoms with Crippen LogP contribution in [0.25, 0.3) is 22.1 Å². The minimum absolute atomic E-state index is 0.0426. The lowest BCUT2D eigenvalue weighted by molar-refractivity contribution is 0.281. The minimum atomic E-state index is -0.185. The predicted molar refractivity (Wildman–Crippen MR) is 85.3 cm³/mol. The molecular weight excluding hydrogens is 304 g/mol. The highest BCUT2D eigenvalue weighted by molar-refractivity contribution is 6.32. The summed E-state index contributed by atoms with van der Waals surface area (Å²) < 4.78 is 5.53. The lowest BCUT2D eigenvalue weighted by Crippen LogP contribution is -2.06. The van der Waals surface area contributed by atoms with Crippen LogP contribution in [0.15, 0.2) is 45.8 Å². The molecule has 4 nitrogen and oxygen atoms in total. The standard InChI is InChI=1S/C17H13ClO4/c1-9-4-12-16(6-11(9)7-19)22-8-13(17(12)21)10-2-3-15(20)14(18)5-10/h2-6,8,19-20H,7H2,1H3. The summed E-state index contributed by atoms with van der Waals surface area (Å²) in [5, 5.41) is 19.4. The summed E-state index contributed by atoms with van der Waals surface area (Å²) in [6, 6.07) is 7.93. The first-order chi connectivity index (χ1) is 10.5. The van der Waals surface area contributed by atoms with Gasteiger partial charge >= 0.3 is 0 Å². The van der Waals surface area contributed by atoms with Crippen LogP contribution in [0, 0.1) is 6.92 Å². The second-order valence-electron chi connectivity index (χ2n) is 5.08. The number of phenols is 1. The number of phenolic OH excluding ortho intramolecular Hbond substituents is 1. The van der Waals surface area contributed by atoms with Gasteiger partial charge in [-0.15, -0.1) is 0 Å². The third kappa shape index (κ3) is 2.36. The molecule has 0 amide bonds. The Morgan fingerprint density at radius 1 is 1.23 bits per heavy atom. The molecule has 3 rings (SSSR count). The van der Waals surface area contributed by atoms with Crippen molar-refractivity contribution in [3.8, 4) is 16.9 Å². The molecule has 112 valence electrons. The van der Waals surface area contributed by atoms with Crippen molar-refractivity contribution in [1.29, 1.82) is 0 Å². The van der Waals surface area contributed by atoms with Gasteiger partial charge in [0.1, 0.15) is 17.6 Å². The zero-order valence-electron chi connectivity index (χ0n) is 11.8. The van der Waals surface area contributed by atoms with Gasteiger partial charge in [-0.2, -0.15) is 0 Å². The van der Waals surface area contributed by atoms with Crippen LogP contribution >= 0.6 is 11.6 Å². The SMILES string of the molecule is Cc1cc2c(=O)c(-c3ccc(O)c(Cl)c3)coc2cc1CO. The molecule has 0 aliphatic carbocycles. The normalized spacial score (nSPS) is 11.0. The van der Waals surface area contributed by atoms with E-state index < -0.39 is 0 Å². The maximum absolute atomic E-state index is 12.6. The summed E-state index contributed by atoms with van der Waals surface area (Å²) in [5.41, 5.74) is 2.72. The van der Waals surface area contributed by atoms with Crippen molar-refractivity contribution in [2.75, 3.05) is 0 Å². The number of rotatable bonds is 2. The van der Waals surface area contributed by atoms with Gasteiger partial charge in [0.15, 0.2) is 5.43 Å². The minimum Gasteiger partial charge on any atom is -0.506 e. The number of hydrogen-bond acceptors (Lipinski definition) is 4. The largest absolute Gasteiger partial charge is 0.506 e. The average molecular weight is 317 g/mol. The molecule has 5 heteroatoms. The molecule has 0 unspecified atom stereocenters. The zero-order valence-corrected chi connectivity index (χ0v) is 12.5. The van der Waals surface area contributed by atoms with Gasteiger partial charge in [-0.1, -0.05) is 17.7 Å². The van der Waals surface area contributed by atoms with E-state index in [2.05, 4.69) is 0 Å². The third-order valence-corrected chi connectivity index (χ3v) is 3.96. The van der Waals surface area contributed by atoms with Gasteiger partial charge < -0.3 is 14.6 Å². The van der Waals surface area contributed by atoms with E-state index in [1.165, 1.54) is 18.4 Å². The van der Waals surface area contributed by atoms with Crippen molar-refractivity contribution in [1.82, 2.24) is 0 Å². The number of hydrogen-bond donors (Lipinski definition) is 2. The number of aliphatic hydroxyl groups is 1. The van der Waals surface area contributed by atoms with E-state index in [0.29, 0.717) is 22.1 Å². The van der Waals surface area contributed by atoms with Crippen LogP contribution < -0.4 is 5.43 Å². The molecule has 0 atom stereocenters. The van der Waals surface area contributed by atoms with Crippen molar-refractivity contribution < 1.29 is 14.6 Å². The van der Waals surface area contributed by atoms with Crippen molar-refractivity contribution in [3.05, 3.63) is 63.0 Å². The highest BCUT2D eigenvalue weighted by Gasteiger charge is 2.12. The molecule has 0 fully saturated rings. The highest BCUT2D eigenvalue weighted by atomic mass is 35.5. The topological polar surface area (TPSA) is 70.7 Å². The van der Waals surface area contributed by atoms with E-state index in [0.717, 1.165) is 11.1 Å². The fraction of sp³-hybridized carbons (Fsp3) is 0.118. The molecule has 0 spiro atoms. The molecule has 2 N–H and O–H groups in total. The molecular formula is C17H13ClO4. The van der Waals surface area contributed by atoms with Crippen molar-refractivity contribution in [3.63, 3.8) is 0 Å². The molecule has 0 saturated carbocycles. The molecule has 0 saturated heterocycles. The van der Waals surface area contributed by atoms with Crippen LogP contribution in [0.1, 0.15) is 11.1 Å². The fourth-order valence-corrected chi connectivity index (χ4v) is 2.55. The summed E-state index contributed by atoms with van der Waals surface area (Å²) in [6.45, 7) is 1.72. The van der Waals surface area contributed by atoms with Crippen molar-refractivity contribution >= 4 is 22.6 Å². The Morgan fingerprint density at radius 3 is 2.68 bits per heavy atom. The van der Waals surface area contributed by atoms with E-state index in [4.69, 9.17) is 16.0 Å². The monoisotopic (exact) mass is 316 g/mol. The maximum atomic E-state index is 12.6. The first kappa shape index (κ1) is 14.6. The Bertz CT molecular complexity index is 928. The Kier molecular flexibility index (Phi) is 3.64. The number of aliphatic hydroxyl groups excluding tert-OH is 1. The summed E-state index contributed by atoms with van der Waals surface area (Å²) in [6.07, 6.45) is 1.36. The van der Waals surface area contributed by atoms with Gasteiger partial charge in [-0.3, -0.25) is 4.79 Å². The van der Waals surface area contributed by atoms with Crippen LogP contribution in [0.5, 0.6) is 5.75 Å². The van der Waals surface area contributed by atoms with Gasteiger partial charge in [0.2, 0.25) is 0 Å². The first-order valence-corrected chi connectivity index (χ1v) is 7.04. The lowest BCUT2D eigenvalue weighted by Gasteiger charge is -2.07. The van der Waals surface area contributed by atoms with E-state index in [1.54, 1.807) is 18.2 Å². The second-order valence-corrected chi connectivity index (χ2v) is 5.48. The summed E-state index contributed by atoms with van der Waals surface area (Å²) in [7, 11) is 0. The summed E-state index contributed by atoms with van der Waals surface area (Å²) in [4.78, 5) is 12.6. The maximum Gasteiger partial charge on any atom is 0.200 e. The zero-order chi connectivity index (χ0) is 15.9. The number of aryl methyl sites for hydroxylation is 1. The molecule has 2 aromatic carbocycles. The van der Waals surface area contributed by atoms with Crippen LogP contribution in [0.3, 0.4) is 0 Å². The average Bonchev–Trinajstić information content (AvgIpc) is 2.51. The van der Waals surface area contributed by atoms with Crippen molar-refractivity contribution in [2.24, 2.45) is 0 Å². The van der Waals surface area contributed by atoms with E-state index in [-0.39, 0.29) is 22.8 Å². The number of aromatic hydroxyl groups is 1. The number of halogens is 1. The van der Waals surface area contributed by atoms with Gasteiger partial charge in [0.25, 0.3) is 0 Å². The van der Waals surface area contributed by atoms with Crippen LogP contribution in [0.4, 0.5) is 0 Å². The number of benzene rings is 2. The number of fused-ring (bicyclic) bond motifs is 1. The summed E-state index contributed by atoms with van der Waals surface area (Å²) >= 11 is 5.89. The first-order valence-electron chi connectivity index (χ1n) is 6.66. The second kappa shape index (κ2) is 5.48. The van der Waals surface area contributed by atoms with Crippen LogP contribution in [-0.2, 0) is 6.61 Å². The van der Waals surface area contributed by atoms with Crippen LogP contribution in [0.2, 0.25) is 5.02 Å². The molecule has 0 aliphatic rings. The van der Waals surface area contributed by atoms with E-state index >= 15 is 0 Å². The van der Waals surface area contributed by atoms with Crippen molar-refractivity contribution in [2.45, 2.75) is 13.5 Å². The van der Waals surface area contributed by atoms with E-state index in [9.17, 15) is 15.0 Å². The lowest BCUT2D eigenvalue weighted by atomic mass is 10.0. The molecule has 0 radical (unpaired) electrons. The predicted octanol–water partition coefficient (Wildman–Crippen LogP) is 3.62. The fourth-order valence-electron chi connectivity index (χ4n) is 2.37. The Morgan fingerprint density at radius 2 is 2.00 bits per heavy atom. The molecule has 0 aliphatic heterocycles. The third-order valence-electron chi connectivity index (χ3n) is 3.66.